The van der Waals surface area contributed by atoms with Gasteiger partial charge in [0.1, 0.15) is 6.17 Å². The molecule has 1 saturated heterocycles. The summed E-state index contributed by atoms with van der Waals surface area (Å²) < 4.78 is 0. The fraction of sp³-hybridized carbons (Fsp3) is 0.0500. The van der Waals surface area contributed by atoms with Gasteiger partial charge in [-0.15, -0.1) is 0 Å². The van der Waals surface area contributed by atoms with Crippen LogP contribution in [-0.2, 0) is 0 Å². The van der Waals surface area contributed by atoms with Gasteiger partial charge >= 0.3 is 0 Å². The van der Waals surface area contributed by atoms with Crippen molar-refractivity contribution in [3.05, 3.63) is 103 Å². The molecule has 1 unspecified atom stereocenters. The molecule has 3 nitrogen and oxygen atoms in total. The maximum atomic E-state index is 3.52. The number of rotatable bonds is 3. The van der Waals surface area contributed by atoms with Crippen molar-refractivity contribution < 1.29 is 0 Å². The zero-order chi connectivity index (χ0) is 15.5. The lowest BCUT2D eigenvalue weighted by Crippen LogP contribution is -2.31. The molecule has 1 atom stereocenters. The lowest BCUT2D eigenvalue weighted by Gasteiger charge is -2.23. The number of hydrogen-bond donors (Lipinski definition) is 1. The third kappa shape index (κ3) is 2.79. The van der Waals surface area contributed by atoms with E-state index in [0.717, 1.165) is 11.4 Å². The molecule has 2 radical (unpaired) electrons. The number of para-hydroxylation sites is 2. The van der Waals surface area contributed by atoms with Crippen LogP contribution in [0.5, 0.6) is 0 Å². The first-order chi connectivity index (χ1) is 11.4. The molecule has 0 spiro atoms. The largest absolute Gasteiger partial charge is 0.319 e. The molecule has 0 aliphatic carbocycles. The van der Waals surface area contributed by atoms with Crippen molar-refractivity contribution in [1.82, 2.24) is 5.43 Å². The van der Waals surface area contributed by atoms with E-state index in [1.165, 1.54) is 5.56 Å². The molecule has 1 aliphatic heterocycles. The summed E-state index contributed by atoms with van der Waals surface area (Å²) in [5.74, 6) is 0. The molecule has 3 heteroatoms. The van der Waals surface area contributed by atoms with Gasteiger partial charge in [0.25, 0.3) is 0 Å². The minimum absolute atomic E-state index is 0.0128. The highest BCUT2D eigenvalue weighted by atomic mass is 15.7. The second-order valence-electron chi connectivity index (χ2n) is 5.42. The third-order valence-corrected chi connectivity index (χ3v) is 3.88. The highest BCUT2D eigenvalue weighted by molar-refractivity contribution is 5.58. The topological polar surface area (TPSA) is 18.5 Å². The molecule has 0 bridgehead atoms. The summed E-state index contributed by atoms with van der Waals surface area (Å²) in [4.78, 5) is 2.13. The van der Waals surface area contributed by atoms with Crippen LogP contribution in [0.2, 0.25) is 0 Å². The number of hydrogen-bond acceptors (Lipinski definition) is 3. The Kier molecular flexibility index (Phi) is 3.70. The molecule has 0 amide bonds. The van der Waals surface area contributed by atoms with Gasteiger partial charge in [0.15, 0.2) is 0 Å². The Hall–Kier alpha value is -2.78. The van der Waals surface area contributed by atoms with Crippen molar-refractivity contribution in [2.45, 2.75) is 6.17 Å². The Morgan fingerprint density at radius 3 is 1.78 bits per heavy atom. The number of nitrogens with one attached hydrogen (secondary N) is 1. The molecule has 3 aromatic carbocycles. The Bertz CT molecular complexity index is 696. The van der Waals surface area contributed by atoms with E-state index >= 15 is 0 Å². The van der Waals surface area contributed by atoms with Crippen LogP contribution in [0.25, 0.3) is 0 Å². The van der Waals surface area contributed by atoms with Crippen LogP contribution >= 0.6 is 0 Å². The van der Waals surface area contributed by atoms with Gasteiger partial charge in [-0.1, -0.05) is 66.7 Å². The van der Waals surface area contributed by atoms with Crippen molar-refractivity contribution in [1.29, 1.82) is 0 Å². The van der Waals surface area contributed by atoms with E-state index in [0.29, 0.717) is 0 Å². The van der Waals surface area contributed by atoms with Crippen molar-refractivity contribution in [3.8, 4) is 0 Å². The van der Waals surface area contributed by atoms with Gasteiger partial charge in [0.2, 0.25) is 6.67 Å². The van der Waals surface area contributed by atoms with Crippen LogP contribution in [0.3, 0.4) is 0 Å². The van der Waals surface area contributed by atoms with Gasteiger partial charge in [-0.3, -0.25) is 5.01 Å². The first kappa shape index (κ1) is 13.9. The normalized spacial score (nSPS) is 17.5. The number of nitrogens with zero attached hydrogens (tertiary/aromatic N) is 2. The quantitative estimate of drug-likeness (QED) is 0.781. The van der Waals surface area contributed by atoms with Crippen LogP contribution in [0.1, 0.15) is 11.7 Å². The Morgan fingerprint density at radius 1 is 0.652 bits per heavy atom. The van der Waals surface area contributed by atoms with Crippen molar-refractivity contribution in [2.24, 2.45) is 0 Å². The van der Waals surface area contributed by atoms with Gasteiger partial charge in [-0.25, -0.2) is 5.43 Å². The van der Waals surface area contributed by atoms with Crippen molar-refractivity contribution >= 4 is 11.4 Å². The Morgan fingerprint density at radius 2 is 1.17 bits per heavy atom. The average Bonchev–Trinajstić information content (AvgIpc) is 3.09. The van der Waals surface area contributed by atoms with E-state index in [9.17, 15) is 0 Å². The second kappa shape index (κ2) is 6.15. The molecular weight excluding hydrogens is 282 g/mol. The van der Waals surface area contributed by atoms with E-state index < -0.39 is 0 Å². The molecule has 1 N–H and O–H groups in total. The molecule has 112 valence electrons. The lowest BCUT2D eigenvalue weighted by molar-refractivity contribution is 0.624. The molecule has 1 fully saturated rings. The van der Waals surface area contributed by atoms with Crippen LogP contribution in [0.15, 0.2) is 91.0 Å². The zero-order valence-corrected chi connectivity index (χ0v) is 12.6. The van der Waals surface area contributed by atoms with E-state index in [1.807, 2.05) is 47.5 Å². The second-order valence-corrected chi connectivity index (χ2v) is 5.42. The summed E-state index contributed by atoms with van der Waals surface area (Å²) in [5, 5.41) is 1.95. The van der Waals surface area contributed by atoms with Crippen molar-refractivity contribution in [3.63, 3.8) is 0 Å². The van der Waals surface area contributed by atoms with E-state index in [-0.39, 0.29) is 6.17 Å². The van der Waals surface area contributed by atoms with Crippen LogP contribution < -0.4 is 15.3 Å². The number of hydrazine groups is 1. The fourth-order valence-corrected chi connectivity index (χ4v) is 2.74. The summed E-state index contributed by atoms with van der Waals surface area (Å²) in [7, 11) is 0. The third-order valence-electron chi connectivity index (χ3n) is 3.88. The van der Waals surface area contributed by atoms with Gasteiger partial charge in [0.05, 0.1) is 5.69 Å². The predicted octanol–water partition coefficient (Wildman–Crippen LogP) is 4.21. The number of benzene rings is 3. The van der Waals surface area contributed by atoms with E-state index in [4.69, 9.17) is 0 Å². The average molecular weight is 299 g/mol. The monoisotopic (exact) mass is 299 g/mol. The molecular formula is C20H17N3. The summed E-state index contributed by atoms with van der Waals surface area (Å²) >= 11 is 0. The Labute approximate surface area is 136 Å². The van der Waals surface area contributed by atoms with Gasteiger partial charge in [-0.2, -0.15) is 0 Å². The molecule has 0 saturated carbocycles. The molecule has 1 heterocycles. The molecule has 1 aliphatic rings. The minimum atomic E-state index is 0.0128. The van der Waals surface area contributed by atoms with Crippen LogP contribution in [0.4, 0.5) is 11.4 Å². The molecule has 4 rings (SSSR count). The minimum Gasteiger partial charge on any atom is -0.319 e. The van der Waals surface area contributed by atoms with E-state index in [2.05, 4.69) is 65.5 Å². The summed E-state index contributed by atoms with van der Waals surface area (Å²) in [6.07, 6.45) is 0.0128. The molecule has 0 aromatic heterocycles. The maximum absolute atomic E-state index is 3.52. The van der Waals surface area contributed by atoms with Crippen molar-refractivity contribution in [2.75, 3.05) is 9.91 Å². The number of anilines is 2. The maximum Gasteiger partial charge on any atom is 0.226 e. The summed E-state index contributed by atoms with van der Waals surface area (Å²) in [6.45, 7) is 3.43. The van der Waals surface area contributed by atoms with E-state index in [1.54, 1.807) is 0 Å². The predicted molar refractivity (Wildman–Crippen MR) is 93.4 cm³/mol. The summed E-state index contributed by atoms with van der Waals surface area (Å²) in [5.41, 5.74) is 6.88. The van der Waals surface area contributed by atoms with Crippen LogP contribution in [-0.4, -0.2) is 0 Å². The molecule has 3 aromatic rings. The van der Waals surface area contributed by atoms with Gasteiger partial charge in [-0.05, 0) is 29.8 Å². The molecule has 23 heavy (non-hydrogen) atoms. The van der Waals surface area contributed by atoms with Gasteiger partial charge < -0.3 is 4.90 Å². The summed E-state index contributed by atoms with van der Waals surface area (Å²) in [6, 6.07) is 30.9. The van der Waals surface area contributed by atoms with Gasteiger partial charge in [0, 0.05) is 5.69 Å². The zero-order valence-electron chi connectivity index (χ0n) is 12.6. The van der Waals surface area contributed by atoms with Crippen LogP contribution in [0, 0.1) is 6.67 Å². The smallest absolute Gasteiger partial charge is 0.226 e. The highest BCUT2D eigenvalue weighted by Gasteiger charge is 2.33. The Balaban J connectivity index is 1.70. The first-order valence-electron chi connectivity index (χ1n) is 7.69. The highest BCUT2D eigenvalue weighted by Crippen LogP contribution is 2.33. The first-order valence-corrected chi connectivity index (χ1v) is 7.69. The SMILES string of the molecule is [C]1N(c2ccccc2)NC(c2ccccc2)N1c1ccccc1. The standard InChI is InChI=1S/C20H17N3/c1-4-10-17(11-5-1)20-21-23(19-14-8-3-9-15-19)16-22(20)18-12-6-2-7-13-18/h1-15,20-21H. The lowest BCUT2D eigenvalue weighted by atomic mass is 10.1. The fourth-order valence-electron chi connectivity index (χ4n) is 2.74.